The zero-order valence-electron chi connectivity index (χ0n) is 6.07. The van der Waals surface area contributed by atoms with Crippen LogP contribution in [0.4, 0.5) is 0 Å². The lowest BCUT2D eigenvalue weighted by Crippen LogP contribution is -1.96. The number of amides is 1. The number of carbonyl (C=O) groups is 1. The summed E-state index contributed by atoms with van der Waals surface area (Å²) in [7, 11) is 0. The Morgan fingerprint density at radius 1 is 1.42 bits per heavy atom. The van der Waals surface area contributed by atoms with Crippen LogP contribution in [0.3, 0.4) is 0 Å². The van der Waals surface area contributed by atoms with Gasteiger partial charge in [0.05, 0.1) is 10.2 Å². The molecule has 1 aromatic carbocycles. The predicted molar refractivity (Wildman–Crippen MR) is 47.0 cm³/mol. The smallest absolute Gasteiger partial charge is 0.265 e. The highest BCUT2D eigenvalue weighted by Gasteiger charge is 2.07. The quantitative estimate of drug-likeness (QED) is 0.665. The van der Waals surface area contributed by atoms with E-state index in [1.54, 1.807) is 0 Å². The van der Waals surface area contributed by atoms with Crippen LogP contribution in [-0.2, 0) is 0 Å². The second kappa shape index (κ2) is 2.57. The van der Waals surface area contributed by atoms with E-state index in [-0.39, 0.29) is 5.01 Å². The summed E-state index contributed by atoms with van der Waals surface area (Å²) in [5.74, 6) is -0.712. The molecule has 3 nitrogen and oxygen atoms in total. The third kappa shape index (κ3) is 1.06. The molecular formula is C8H5N2OS. The molecule has 1 amide bonds. The molecule has 59 valence electrons. The molecule has 0 aliphatic heterocycles. The first kappa shape index (κ1) is 7.24. The van der Waals surface area contributed by atoms with Gasteiger partial charge in [0.1, 0.15) is 0 Å². The monoisotopic (exact) mass is 177 g/mol. The largest absolute Gasteiger partial charge is 0.298 e. The average molecular weight is 177 g/mol. The third-order valence-electron chi connectivity index (χ3n) is 1.49. The van der Waals surface area contributed by atoms with Crippen LogP contribution in [0.1, 0.15) is 9.80 Å². The number of carbonyl (C=O) groups excluding carboxylic acids is 1. The van der Waals surface area contributed by atoms with Gasteiger partial charge in [-0.25, -0.2) is 4.98 Å². The Hall–Kier alpha value is -1.42. The summed E-state index contributed by atoms with van der Waals surface area (Å²) in [6.07, 6.45) is 0. The van der Waals surface area contributed by atoms with Gasteiger partial charge < -0.3 is 0 Å². The van der Waals surface area contributed by atoms with Gasteiger partial charge in [0.25, 0.3) is 5.91 Å². The number of para-hydroxylation sites is 1. The third-order valence-corrected chi connectivity index (χ3v) is 2.52. The van der Waals surface area contributed by atoms with Crippen LogP contribution in [-0.4, -0.2) is 10.9 Å². The van der Waals surface area contributed by atoms with E-state index in [0.717, 1.165) is 10.2 Å². The van der Waals surface area contributed by atoms with E-state index in [0.29, 0.717) is 0 Å². The minimum absolute atomic E-state index is 0.260. The molecule has 1 N–H and O–H groups in total. The summed E-state index contributed by atoms with van der Waals surface area (Å²) in [4.78, 5) is 14.6. The number of hydrogen-bond acceptors (Lipinski definition) is 3. The first-order valence-electron chi connectivity index (χ1n) is 3.39. The van der Waals surface area contributed by atoms with Crippen molar-refractivity contribution in [2.24, 2.45) is 0 Å². The lowest BCUT2D eigenvalue weighted by Gasteiger charge is -1.80. The van der Waals surface area contributed by atoms with Crippen molar-refractivity contribution in [2.75, 3.05) is 0 Å². The van der Waals surface area contributed by atoms with Crippen molar-refractivity contribution >= 4 is 27.5 Å². The number of benzene rings is 1. The molecule has 0 bridgehead atoms. The molecule has 0 saturated heterocycles. The van der Waals surface area contributed by atoms with Gasteiger partial charge in [-0.15, -0.1) is 11.3 Å². The van der Waals surface area contributed by atoms with Crippen molar-refractivity contribution in [3.05, 3.63) is 29.3 Å². The molecule has 2 aromatic rings. The minimum Gasteiger partial charge on any atom is -0.265 e. The number of aromatic nitrogens is 1. The highest BCUT2D eigenvalue weighted by Crippen LogP contribution is 2.20. The summed E-state index contributed by atoms with van der Waals surface area (Å²) in [5.41, 5.74) is 7.65. The molecule has 0 spiro atoms. The maximum Gasteiger partial charge on any atom is 0.298 e. The van der Waals surface area contributed by atoms with Gasteiger partial charge in [-0.05, 0) is 12.1 Å². The number of thiazole rings is 1. The standard InChI is InChI=1S/C8H5N2OS/c9-7(11)8-10-5-3-1-2-4-6(5)12-8/h1-4,9H. The van der Waals surface area contributed by atoms with Gasteiger partial charge in [-0.2, -0.15) is 0 Å². The number of nitrogens with zero attached hydrogens (tertiary/aromatic N) is 1. The minimum atomic E-state index is -0.712. The van der Waals surface area contributed by atoms with Crippen LogP contribution in [0, 0.1) is 0 Å². The lowest BCUT2D eigenvalue weighted by molar-refractivity contribution is 0.0992. The second-order valence-electron chi connectivity index (χ2n) is 2.32. The van der Waals surface area contributed by atoms with Gasteiger partial charge in [0, 0.05) is 0 Å². The second-order valence-corrected chi connectivity index (χ2v) is 3.35. The van der Waals surface area contributed by atoms with Crippen LogP contribution >= 0.6 is 11.3 Å². The molecule has 0 aliphatic rings. The fourth-order valence-corrected chi connectivity index (χ4v) is 1.78. The summed E-state index contributed by atoms with van der Waals surface area (Å²) < 4.78 is 0.952. The molecule has 1 aromatic heterocycles. The van der Waals surface area contributed by atoms with Gasteiger partial charge in [0.2, 0.25) is 0 Å². The number of nitrogens with one attached hydrogen (secondary N) is 1. The summed E-state index contributed by atoms with van der Waals surface area (Å²) in [6, 6.07) is 7.47. The maximum atomic E-state index is 10.6. The highest BCUT2D eigenvalue weighted by molar-refractivity contribution is 7.20. The van der Waals surface area contributed by atoms with E-state index < -0.39 is 5.91 Å². The van der Waals surface area contributed by atoms with Crippen LogP contribution in [0.15, 0.2) is 24.3 Å². The number of fused-ring (bicyclic) bond motifs is 1. The van der Waals surface area contributed by atoms with Crippen LogP contribution in [0.2, 0.25) is 0 Å². The van der Waals surface area contributed by atoms with E-state index in [9.17, 15) is 4.79 Å². The van der Waals surface area contributed by atoms with Crippen molar-refractivity contribution < 1.29 is 4.79 Å². The summed E-state index contributed by atoms with van der Waals surface area (Å²) >= 11 is 1.26. The van der Waals surface area contributed by atoms with Crippen molar-refractivity contribution in [2.45, 2.75) is 0 Å². The van der Waals surface area contributed by atoms with Gasteiger partial charge in [0.15, 0.2) is 5.01 Å². The molecule has 1 radical (unpaired) electrons. The summed E-state index contributed by atoms with van der Waals surface area (Å²) in [6.45, 7) is 0. The van der Waals surface area contributed by atoms with Crippen LogP contribution in [0.5, 0.6) is 0 Å². The Kier molecular flexibility index (Phi) is 1.55. The topological polar surface area (TPSA) is 53.8 Å². The summed E-state index contributed by atoms with van der Waals surface area (Å²) in [5, 5.41) is 0.260. The normalized spacial score (nSPS) is 10.3. The van der Waals surface area contributed by atoms with Gasteiger partial charge in [-0.3, -0.25) is 10.5 Å². The van der Waals surface area contributed by atoms with Crippen molar-refractivity contribution in [3.63, 3.8) is 0 Å². The van der Waals surface area contributed by atoms with Crippen molar-refractivity contribution in [3.8, 4) is 0 Å². The van der Waals surface area contributed by atoms with E-state index >= 15 is 0 Å². The predicted octanol–water partition coefficient (Wildman–Crippen LogP) is 1.72. The van der Waals surface area contributed by atoms with Gasteiger partial charge >= 0.3 is 0 Å². The Labute approximate surface area is 72.8 Å². The highest BCUT2D eigenvalue weighted by atomic mass is 32.1. The van der Waals surface area contributed by atoms with Gasteiger partial charge in [-0.1, -0.05) is 12.1 Å². The fourth-order valence-electron chi connectivity index (χ4n) is 0.969. The number of hydrogen-bond donors (Lipinski definition) is 0. The zero-order valence-corrected chi connectivity index (χ0v) is 6.89. The first-order valence-corrected chi connectivity index (χ1v) is 4.20. The van der Waals surface area contributed by atoms with E-state index in [4.69, 9.17) is 5.73 Å². The Morgan fingerprint density at radius 3 is 2.83 bits per heavy atom. The molecule has 2 rings (SSSR count). The van der Waals surface area contributed by atoms with Crippen LogP contribution in [0.25, 0.3) is 10.2 Å². The first-order chi connectivity index (χ1) is 5.77. The SMILES string of the molecule is [NH]C(=O)c1nc2ccccc2s1. The zero-order chi connectivity index (χ0) is 8.55. The molecule has 0 saturated carbocycles. The lowest BCUT2D eigenvalue weighted by atomic mass is 10.3. The molecule has 0 atom stereocenters. The number of rotatable bonds is 1. The molecule has 0 fully saturated rings. The average Bonchev–Trinajstić information content (AvgIpc) is 2.46. The van der Waals surface area contributed by atoms with Crippen LogP contribution < -0.4 is 5.73 Å². The van der Waals surface area contributed by atoms with Crippen molar-refractivity contribution in [1.82, 2.24) is 10.7 Å². The Balaban J connectivity index is 2.70. The molecule has 0 aliphatic carbocycles. The molecule has 0 unspecified atom stereocenters. The van der Waals surface area contributed by atoms with E-state index in [1.807, 2.05) is 24.3 Å². The maximum absolute atomic E-state index is 10.6. The van der Waals surface area contributed by atoms with E-state index in [1.165, 1.54) is 11.3 Å². The molecular weight excluding hydrogens is 172 g/mol. The molecule has 12 heavy (non-hydrogen) atoms. The fraction of sp³-hybridized carbons (Fsp3) is 0. The molecule has 1 heterocycles. The van der Waals surface area contributed by atoms with Crippen molar-refractivity contribution in [1.29, 1.82) is 0 Å². The Bertz CT molecular complexity index is 402. The van der Waals surface area contributed by atoms with E-state index in [2.05, 4.69) is 4.98 Å². The molecule has 4 heteroatoms. The Morgan fingerprint density at radius 2 is 2.17 bits per heavy atom.